The van der Waals surface area contributed by atoms with Crippen LogP contribution in [0.3, 0.4) is 0 Å². The SMILES string of the molecule is O=S1(=O)CCN(CC2(CO)CCCCC2)CC1. The Kier molecular flexibility index (Phi) is 4.10. The van der Waals surface area contributed by atoms with Crippen molar-refractivity contribution in [1.82, 2.24) is 4.90 Å². The Labute approximate surface area is 104 Å². The van der Waals surface area contributed by atoms with Gasteiger partial charge in [-0.05, 0) is 12.8 Å². The quantitative estimate of drug-likeness (QED) is 0.811. The van der Waals surface area contributed by atoms with Gasteiger partial charge in [-0.1, -0.05) is 19.3 Å². The maximum absolute atomic E-state index is 11.4. The highest BCUT2D eigenvalue weighted by molar-refractivity contribution is 7.91. The van der Waals surface area contributed by atoms with Crippen molar-refractivity contribution in [3.8, 4) is 0 Å². The smallest absolute Gasteiger partial charge is 0.152 e. The van der Waals surface area contributed by atoms with E-state index in [9.17, 15) is 13.5 Å². The number of nitrogens with zero attached hydrogens (tertiary/aromatic N) is 1. The lowest BCUT2D eigenvalue weighted by Crippen LogP contribution is -2.47. The lowest BCUT2D eigenvalue weighted by atomic mass is 9.74. The standard InChI is InChI=1S/C12H23NO3S/c14-11-12(4-2-1-3-5-12)10-13-6-8-17(15,16)9-7-13/h14H,1-11H2. The molecule has 17 heavy (non-hydrogen) atoms. The van der Waals surface area contributed by atoms with Gasteiger partial charge in [0, 0.05) is 31.7 Å². The predicted octanol–water partition coefficient (Wildman–Crippen LogP) is 0.660. The van der Waals surface area contributed by atoms with E-state index in [1.807, 2.05) is 0 Å². The van der Waals surface area contributed by atoms with Crippen molar-refractivity contribution in [2.24, 2.45) is 5.41 Å². The average molecular weight is 261 g/mol. The van der Waals surface area contributed by atoms with Gasteiger partial charge in [-0.2, -0.15) is 0 Å². The van der Waals surface area contributed by atoms with Gasteiger partial charge in [0.2, 0.25) is 0 Å². The van der Waals surface area contributed by atoms with Gasteiger partial charge < -0.3 is 10.0 Å². The van der Waals surface area contributed by atoms with Crippen LogP contribution in [0.25, 0.3) is 0 Å². The fourth-order valence-corrected chi connectivity index (χ4v) is 4.33. The van der Waals surface area contributed by atoms with Gasteiger partial charge in [0.1, 0.15) is 0 Å². The summed E-state index contributed by atoms with van der Waals surface area (Å²) in [6.07, 6.45) is 5.86. The summed E-state index contributed by atoms with van der Waals surface area (Å²) in [6, 6.07) is 0. The van der Waals surface area contributed by atoms with Gasteiger partial charge in [0.05, 0.1) is 11.5 Å². The molecule has 1 aliphatic heterocycles. The first kappa shape index (κ1) is 13.3. The highest BCUT2D eigenvalue weighted by Gasteiger charge is 2.34. The molecular weight excluding hydrogens is 238 g/mol. The number of sulfone groups is 1. The minimum absolute atomic E-state index is 0.0410. The summed E-state index contributed by atoms with van der Waals surface area (Å²) in [6.45, 7) is 2.41. The third-order valence-electron chi connectivity index (χ3n) is 4.25. The average Bonchev–Trinajstić information content (AvgIpc) is 2.33. The Morgan fingerprint density at radius 2 is 1.65 bits per heavy atom. The molecular formula is C12H23NO3S. The minimum atomic E-state index is -2.79. The molecule has 5 heteroatoms. The summed E-state index contributed by atoms with van der Waals surface area (Å²) in [4.78, 5) is 2.22. The first-order chi connectivity index (χ1) is 8.05. The second-order valence-corrected chi connectivity index (χ2v) is 7.95. The number of aliphatic hydroxyl groups is 1. The van der Waals surface area contributed by atoms with Crippen LogP contribution in [0.2, 0.25) is 0 Å². The zero-order valence-electron chi connectivity index (χ0n) is 10.4. The second kappa shape index (κ2) is 5.24. The molecule has 0 spiro atoms. The van der Waals surface area contributed by atoms with Crippen LogP contribution in [0.4, 0.5) is 0 Å². The van der Waals surface area contributed by atoms with Crippen molar-refractivity contribution >= 4 is 9.84 Å². The van der Waals surface area contributed by atoms with Crippen molar-refractivity contribution in [3.63, 3.8) is 0 Å². The van der Waals surface area contributed by atoms with Gasteiger partial charge in [-0.25, -0.2) is 8.42 Å². The minimum Gasteiger partial charge on any atom is -0.396 e. The van der Waals surface area contributed by atoms with E-state index < -0.39 is 9.84 Å². The van der Waals surface area contributed by atoms with Crippen molar-refractivity contribution in [3.05, 3.63) is 0 Å². The van der Waals surface area contributed by atoms with E-state index in [1.165, 1.54) is 19.3 Å². The number of hydrogen-bond acceptors (Lipinski definition) is 4. The van der Waals surface area contributed by atoms with Crippen molar-refractivity contribution in [1.29, 1.82) is 0 Å². The molecule has 1 heterocycles. The van der Waals surface area contributed by atoms with E-state index >= 15 is 0 Å². The molecule has 0 aromatic heterocycles. The Morgan fingerprint density at radius 1 is 1.06 bits per heavy atom. The zero-order valence-corrected chi connectivity index (χ0v) is 11.2. The predicted molar refractivity (Wildman–Crippen MR) is 67.7 cm³/mol. The molecule has 0 unspecified atom stereocenters. The number of aliphatic hydroxyl groups excluding tert-OH is 1. The molecule has 0 aromatic rings. The molecule has 1 aliphatic carbocycles. The fraction of sp³-hybridized carbons (Fsp3) is 1.00. The van der Waals surface area contributed by atoms with Crippen LogP contribution in [0.1, 0.15) is 32.1 Å². The van der Waals surface area contributed by atoms with Crippen LogP contribution < -0.4 is 0 Å². The lowest BCUT2D eigenvalue weighted by molar-refractivity contribution is 0.0431. The molecule has 1 saturated heterocycles. The Hall–Kier alpha value is -0.130. The van der Waals surface area contributed by atoms with Gasteiger partial charge in [-0.3, -0.25) is 0 Å². The monoisotopic (exact) mass is 261 g/mol. The summed E-state index contributed by atoms with van der Waals surface area (Å²) < 4.78 is 22.7. The van der Waals surface area contributed by atoms with Crippen LogP contribution in [0.15, 0.2) is 0 Å². The maximum atomic E-state index is 11.4. The normalized spacial score (nSPS) is 29.0. The first-order valence-electron chi connectivity index (χ1n) is 6.59. The molecule has 2 aliphatic rings. The van der Waals surface area contributed by atoms with Crippen molar-refractivity contribution in [2.45, 2.75) is 32.1 Å². The topological polar surface area (TPSA) is 57.6 Å². The lowest BCUT2D eigenvalue weighted by Gasteiger charge is -2.41. The van der Waals surface area contributed by atoms with Crippen molar-refractivity contribution < 1.29 is 13.5 Å². The highest BCUT2D eigenvalue weighted by Crippen LogP contribution is 2.36. The first-order valence-corrected chi connectivity index (χ1v) is 8.41. The van der Waals surface area contributed by atoms with E-state index in [2.05, 4.69) is 4.90 Å². The third-order valence-corrected chi connectivity index (χ3v) is 5.85. The summed E-state index contributed by atoms with van der Waals surface area (Å²) in [5, 5.41) is 9.63. The molecule has 0 atom stereocenters. The molecule has 2 fully saturated rings. The summed E-state index contributed by atoms with van der Waals surface area (Å²) in [7, 11) is -2.79. The van der Waals surface area contributed by atoms with Crippen LogP contribution >= 0.6 is 0 Å². The number of hydrogen-bond donors (Lipinski definition) is 1. The fourth-order valence-electron chi connectivity index (χ4n) is 3.05. The summed E-state index contributed by atoms with van der Waals surface area (Å²) >= 11 is 0. The largest absolute Gasteiger partial charge is 0.396 e. The summed E-state index contributed by atoms with van der Waals surface area (Å²) in [5.74, 6) is 0.572. The zero-order chi connectivity index (χ0) is 12.4. The maximum Gasteiger partial charge on any atom is 0.152 e. The van der Waals surface area contributed by atoms with E-state index in [0.717, 1.165) is 19.4 Å². The molecule has 0 bridgehead atoms. The highest BCUT2D eigenvalue weighted by atomic mass is 32.2. The van der Waals surface area contributed by atoms with Gasteiger partial charge in [-0.15, -0.1) is 0 Å². The molecule has 0 amide bonds. The molecule has 2 rings (SSSR count). The summed E-state index contributed by atoms with van der Waals surface area (Å²) in [5.41, 5.74) is 0.0410. The van der Waals surface area contributed by atoms with E-state index in [-0.39, 0.29) is 23.5 Å². The van der Waals surface area contributed by atoms with Crippen LogP contribution in [0, 0.1) is 5.41 Å². The Morgan fingerprint density at radius 3 is 2.18 bits per heavy atom. The second-order valence-electron chi connectivity index (χ2n) is 5.65. The van der Waals surface area contributed by atoms with Crippen LogP contribution in [-0.4, -0.2) is 56.2 Å². The number of rotatable bonds is 3. The van der Waals surface area contributed by atoms with Crippen LogP contribution in [-0.2, 0) is 9.84 Å². The van der Waals surface area contributed by atoms with E-state index in [4.69, 9.17) is 0 Å². The molecule has 100 valence electrons. The molecule has 1 saturated carbocycles. The molecule has 4 nitrogen and oxygen atoms in total. The van der Waals surface area contributed by atoms with Crippen LogP contribution in [0.5, 0.6) is 0 Å². The van der Waals surface area contributed by atoms with Gasteiger partial charge in [0.15, 0.2) is 9.84 Å². The van der Waals surface area contributed by atoms with Gasteiger partial charge >= 0.3 is 0 Å². The van der Waals surface area contributed by atoms with Gasteiger partial charge in [0.25, 0.3) is 0 Å². The Bertz CT molecular complexity index is 333. The molecule has 1 N–H and O–H groups in total. The van der Waals surface area contributed by atoms with E-state index in [0.29, 0.717) is 13.1 Å². The molecule has 0 radical (unpaired) electrons. The van der Waals surface area contributed by atoms with E-state index in [1.54, 1.807) is 0 Å². The Balaban J connectivity index is 1.91. The molecule has 0 aromatic carbocycles. The third kappa shape index (κ3) is 3.42. The van der Waals surface area contributed by atoms with Crippen molar-refractivity contribution in [2.75, 3.05) is 37.7 Å².